The van der Waals surface area contributed by atoms with E-state index >= 15 is 0 Å². The van der Waals surface area contributed by atoms with Gasteiger partial charge in [-0.15, -0.1) is 24.0 Å². The average Bonchev–Trinajstić information content (AvgIpc) is 3.35. The highest BCUT2D eigenvalue weighted by atomic mass is 127. The van der Waals surface area contributed by atoms with Crippen LogP contribution in [0.2, 0.25) is 10.2 Å². The first-order chi connectivity index (χ1) is 14.0. The summed E-state index contributed by atoms with van der Waals surface area (Å²) < 4.78 is 6.90. The second-order valence-electron chi connectivity index (χ2n) is 6.24. The number of nitrogens with zero attached hydrogens (tertiary/aromatic N) is 2. The van der Waals surface area contributed by atoms with Crippen molar-refractivity contribution in [1.29, 1.82) is 0 Å². The monoisotopic (exact) mass is 561 g/mol. The Hall–Kier alpha value is -2.17. The van der Waals surface area contributed by atoms with Crippen LogP contribution in [0.4, 0.5) is 5.69 Å². The van der Waals surface area contributed by atoms with Crippen LogP contribution in [0.1, 0.15) is 21.8 Å². The van der Waals surface area contributed by atoms with Crippen molar-refractivity contribution in [2.75, 3.05) is 12.4 Å². The smallest absolute Gasteiger partial charge is 0.291 e. The summed E-state index contributed by atoms with van der Waals surface area (Å²) in [6.07, 6.45) is 1.46. The molecule has 0 radical (unpaired) electrons. The first-order valence-corrected chi connectivity index (χ1v) is 9.61. The van der Waals surface area contributed by atoms with E-state index in [-0.39, 0.29) is 35.6 Å². The van der Waals surface area contributed by atoms with Gasteiger partial charge in [0.1, 0.15) is 5.15 Å². The lowest BCUT2D eigenvalue weighted by Crippen LogP contribution is -2.36. The minimum atomic E-state index is -0.286. The molecular weight excluding hydrogens is 540 g/mol. The predicted octanol–water partition coefficient (Wildman–Crippen LogP) is 4.66. The Labute approximate surface area is 201 Å². The van der Waals surface area contributed by atoms with Crippen molar-refractivity contribution in [3.63, 3.8) is 0 Å². The largest absolute Gasteiger partial charge is 0.459 e. The number of amides is 1. The van der Waals surface area contributed by atoms with Crippen molar-refractivity contribution < 1.29 is 9.21 Å². The highest BCUT2D eigenvalue weighted by Crippen LogP contribution is 2.24. The average molecular weight is 562 g/mol. The number of anilines is 1. The first-order valence-electron chi connectivity index (χ1n) is 8.86. The fourth-order valence-corrected chi connectivity index (χ4v) is 3.06. The molecule has 0 aliphatic rings. The lowest BCUT2D eigenvalue weighted by atomic mass is 10.2. The molecule has 2 aromatic heterocycles. The summed E-state index contributed by atoms with van der Waals surface area (Å²) >= 11 is 12.1. The van der Waals surface area contributed by atoms with Crippen molar-refractivity contribution in [2.24, 2.45) is 12.0 Å². The molecular formula is C20H22Cl2IN5O2. The molecule has 0 aliphatic carbocycles. The molecule has 0 saturated heterocycles. The normalized spacial score (nSPS) is 11.0. The second-order valence-corrected chi connectivity index (χ2v) is 7.01. The van der Waals surface area contributed by atoms with Crippen LogP contribution in [0, 0.1) is 0 Å². The topological polar surface area (TPSA) is 83.6 Å². The molecule has 0 atom stereocenters. The molecule has 3 rings (SSSR count). The van der Waals surface area contributed by atoms with Crippen LogP contribution >= 0.6 is 47.2 Å². The third-order valence-corrected chi connectivity index (χ3v) is 5.13. The quantitative estimate of drug-likeness (QED) is 0.232. The Morgan fingerprint density at radius 1 is 1.13 bits per heavy atom. The summed E-state index contributed by atoms with van der Waals surface area (Å²) in [6, 6.07) is 12.6. The van der Waals surface area contributed by atoms with Gasteiger partial charge in [-0.1, -0.05) is 35.3 Å². The van der Waals surface area contributed by atoms with Crippen LogP contribution in [0.3, 0.4) is 0 Å². The third-order valence-electron chi connectivity index (χ3n) is 4.29. The van der Waals surface area contributed by atoms with Gasteiger partial charge in [0.2, 0.25) is 0 Å². The summed E-state index contributed by atoms with van der Waals surface area (Å²) in [5.74, 6) is 0.631. The predicted molar refractivity (Wildman–Crippen MR) is 131 cm³/mol. The number of benzene rings is 1. The molecule has 0 unspecified atom stereocenters. The van der Waals surface area contributed by atoms with Crippen LogP contribution in [0.15, 0.2) is 58.1 Å². The van der Waals surface area contributed by atoms with Gasteiger partial charge in [-0.25, -0.2) is 0 Å². The summed E-state index contributed by atoms with van der Waals surface area (Å²) in [5.41, 5.74) is 2.67. The maximum Gasteiger partial charge on any atom is 0.291 e. The summed E-state index contributed by atoms with van der Waals surface area (Å²) in [5, 5.41) is 10.3. The number of rotatable bonds is 6. The highest BCUT2D eigenvalue weighted by Gasteiger charge is 2.10. The van der Waals surface area contributed by atoms with Gasteiger partial charge in [-0.3, -0.25) is 9.79 Å². The first kappa shape index (κ1) is 24.1. The molecule has 0 bridgehead atoms. The number of furan rings is 1. The van der Waals surface area contributed by atoms with Crippen LogP contribution in [-0.2, 0) is 20.1 Å². The molecule has 0 spiro atoms. The van der Waals surface area contributed by atoms with Crippen molar-refractivity contribution in [3.8, 4) is 0 Å². The van der Waals surface area contributed by atoms with Gasteiger partial charge in [0.15, 0.2) is 11.7 Å². The van der Waals surface area contributed by atoms with Crippen molar-refractivity contribution in [3.05, 3.63) is 75.9 Å². The Balaban J connectivity index is 0.00000320. The number of guanidine groups is 1. The molecule has 3 aromatic rings. The minimum Gasteiger partial charge on any atom is -0.459 e. The number of aliphatic imine (C=N–C) groups is 1. The summed E-state index contributed by atoms with van der Waals surface area (Å²) in [4.78, 5) is 16.2. The summed E-state index contributed by atoms with van der Waals surface area (Å²) in [6.45, 7) is 1.10. The van der Waals surface area contributed by atoms with E-state index in [0.29, 0.717) is 34.9 Å². The molecule has 0 aliphatic heterocycles. The summed E-state index contributed by atoms with van der Waals surface area (Å²) in [7, 11) is 3.56. The van der Waals surface area contributed by atoms with Crippen LogP contribution in [0.5, 0.6) is 0 Å². The van der Waals surface area contributed by atoms with Gasteiger partial charge >= 0.3 is 0 Å². The zero-order valence-corrected chi connectivity index (χ0v) is 20.3. The van der Waals surface area contributed by atoms with E-state index in [1.165, 1.54) is 6.26 Å². The molecule has 160 valence electrons. The maximum absolute atomic E-state index is 12.0. The van der Waals surface area contributed by atoms with E-state index < -0.39 is 0 Å². The minimum absolute atomic E-state index is 0. The van der Waals surface area contributed by atoms with Gasteiger partial charge in [-0.2, -0.15) is 0 Å². The van der Waals surface area contributed by atoms with Crippen LogP contribution < -0.4 is 16.0 Å². The van der Waals surface area contributed by atoms with Gasteiger partial charge in [-0.05, 0) is 35.9 Å². The SMILES string of the molecule is CN=C(NCc1ccc(NC(=O)c2ccco2)cc1)NCc1cc(Cl)c(Cl)n1C.I. The zero-order valence-electron chi connectivity index (χ0n) is 16.4. The van der Waals surface area contributed by atoms with Crippen molar-refractivity contribution in [2.45, 2.75) is 13.1 Å². The molecule has 1 aromatic carbocycles. The van der Waals surface area contributed by atoms with Crippen molar-refractivity contribution in [1.82, 2.24) is 15.2 Å². The second kappa shape index (κ2) is 11.3. The molecule has 3 N–H and O–H groups in total. The van der Waals surface area contributed by atoms with Crippen LogP contribution in [0.25, 0.3) is 0 Å². The van der Waals surface area contributed by atoms with Gasteiger partial charge < -0.3 is 24.9 Å². The molecule has 10 heteroatoms. The number of carbonyl (C=O) groups excluding carboxylic acids is 1. The molecule has 7 nitrogen and oxygen atoms in total. The Morgan fingerprint density at radius 3 is 2.40 bits per heavy atom. The molecule has 1 amide bonds. The van der Waals surface area contributed by atoms with E-state index in [1.807, 2.05) is 41.9 Å². The van der Waals surface area contributed by atoms with Gasteiger partial charge in [0.05, 0.1) is 17.8 Å². The van der Waals surface area contributed by atoms with Gasteiger partial charge in [0, 0.05) is 32.0 Å². The fourth-order valence-electron chi connectivity index (χ4n) is 2.65. The fraction of sp³-hybridized carbons (Fsp3) is 0.200. The molecule has 0 saturated carbocycles. The maximum atomic E-state index is 12.0. The number of carbonyl (C=O) groups is 1. The van der Waals surface area contributed by atoms with Crippen LogP contribution in [-0.4, -0.2) is 23.5 Å². The third kappa shape index (κ3) is 6.16. The number of hydrogen-bond acceptors (Lipinski definition) is 3. The van der Waals surface area contributed by atoms with E-state index in [4.69, 9.17) is 27.6 Å². The van der Waals surface area contributed by atoms with E-state index in [2.05, 4.69) is 20.9 Å². The van der Waals surface area contributed by atoms with E-state index in [1.54, 1.807) is 19.2 Å². The Kier molecular flexibility index (Phi) is 9.07. The van der Waals surface area contributed by atoms with E-state index in [0.717, 1.165) is 11.3 Å². The number of nitrogens with one attached hydrogen (secondary N) is 3. The van der Waals surface area contributed by atoms with E-state index in [9.17, 15) is 4.79 Å². The number of halogens is 3. The molecule has 30 heavy (non-hydrogen) atoms. The molecule has 0 fully saturated rings. The molecule has 2 heterocycles. The standard InChI is InChI=1S/C20H21Cl2N5O2.HI/c1-23-20(25-12-15-10-16(21)18(22)27(15)2)24-11-13-5-7-14(8-6-13)26-19(28)17-4-3-9-29-17;/h3-10H,11-12H2,1-2H3,(H,26,28)(H2,23,24,25);1H. The lowest BCUT2D eigenvalue weighted by Gasteiger charge is -2.13. The van der Waals surface area contributed by atoms with Crippen molar-refractivity contribution >= 4 is 64.7 Å². The highest BCUT2D eigenvalue weighted by molar-refractivity contribution is 14.0. The lowest BCUT2D eigenvalue weighted by molar-refractivity contribution is 0.0996. The number of aromatic nitrogens is 1. The zero-order chi connectivity index (χ0) is 20.8. The Morgan fingerprint density at radius 2 is 1.83 bits per heavy atom. The Bertz CT molecular complexity index is 1000. The number of hydrogen-bond donors (Lipinski definition) is 3. The van der Waals surface area contributed by atoms with Gasteiger partial charge in [0.25, 0.3) is 5.91 Å².